The van der Waals surface area contributed by atoms with Gasteiger partial charge in [0, 0.05) is 11.1 Å². The molecule has 2 aromatic rings. The van der Waals surface area contributed by atoms with Crippen LogP contribution in [0.5, 0.6) is 0 Å². The molecular formula is C13H15N3O2S. The molecule has 0 bridgehead atoms. The lowest BCUT2D eigenvalue weighted by Crippen LogP contribution is -2.07. The molecule has 2 aromatic heterocycles. The van der Waals surface area contributed by atoms with Crippen molar-refractivity contribution < 1.29 is 9.90 Å². The largest absolute Gasteiger partial charge is 0.478 e. The maximum atomic E-state index is 11.1. The van der Waals surface area contributed by atoms with Crippen LogP contribution in [-0.4, -0.2) is 21.0 Å². The van der Waals surface area contributed by atoms with E-state index in [1.165, 1.54) is 11.3 Å². The van der Waals surface area contributed by atoms with Crippen LogP contribution in [0.15, 0.2) is 23.0 Å². The van der Waals surface area contributed by atoms with Gasteiger partial charge in [-0.3, -0.25) is 0 Å². The van der Waals surface area contributed by atoms with E-state index in [9.17, 15) is 4.79 Å². The predicted molar refractivity (Wildman–Crippen MR) is 74.7 cm³/mol. The van der Waals surface area contributed by atoms with Crippen molar-refractivity contribution in [3.8, 4) is 0 Å². The maximum absolute atomic E-state index is 11.1. The Bertz CT molecular complexity index is 567. The quantitative estimate of drug-likeness (QED) is 0.878. The molecule has 0 aromatic carbocycles. The summed E-state index contributed by atoms with van der Waals surface area (Å²) < 4.78 is 0. The number of hydrogen-bond acceptors (Lipinski definition) is 5. The van der Waals surface area contributed by atoms with Gasteiger partial charge in [-0.05, 0) is 18.1 Å². The molecule has 19 heavy (non-hydrogen) atoms. The van der Waals surface area contributed by atoms with E-state index in [2.05, 4.69) is 15.3 Å². The Morgan fingerprint density at radius 3 is 2.84 bits per heavy atom. The van der Waals surface area contributed by atoms with E-state index in [-0.39, 0.29) is 11.5 Å². The van der Waals surface area contributed by atoms with E-state index in [4.69, 9.17) is 5.11 Å². The summed E-state index contributed by atoms with van der Waals surface area (Å²) in [4.78, 5) is 19.7. The Morgan fingerprint density at radius 2 is 2.26 bits per heavy atom. The first-order chi connectivity index (χ1) is 9.06. The smallest absolute Gasteiger partial charge is 0.335 e. The van der Waals surface area contributed by atoms with Crippen LogP contribution >= 0.6 is 11.3 Å². The molecule has 0 spiro atoms. The van der Waals surface area contributed by atoms with Gasteiger partial charge in [0.25, 0.3) is 0 Å². The van der Waals surface area contributed by atoms with Gasteiger partial charge in [0.05, 0.1) is 23.3 Å². The second-order valence-corrected chi connectivity index (χ2v) is 5.18. The van der Waals surface area contributed by atoms with Gasteiger partial charge in [-0.1, -0.05) is 13.8 Å². The minimum absolute atomic E-state index is 0.180. The van der Waals surface area contributed by atoms with Crippen LogP contribution in [0.1, 0.15) is 41.5 Å². The fourth-order valence-electron chi connectivity index (χ4n) is 1.57. The number of thiazole rings is 1. The molecule has 0 aliphatic rings. The maximum Gasteiger partial charge on any atom is 0.335 e. The summed E-state index contributed by atoms with van der Waals surface area (Å²) in [6, 6.07) is 3.15. The average molecular weight is 277 g/mol. The molecule has 100 valence electrons. The van der Waals surface area contributed by atoms with Crippen molar-refractivity contribution >= 4 is 23.1 Å². The third-order valence-corrected chi connectivity index (χ3v) is 3.25. The van der Waals surface area contributed by atoms with Crippen molar-refractivity contribution in [1.82, 2.24) is 9.97 Å². The van der Waals surface area contributed by atoms with Crippen LogP contribution in [0, 0.1) is 0 Å². The highest BCUT2D eigenvalue weighted by molar-refractivity contribution is 7.07. The number of carboxylic acids is 1. The molecule has 2 rings (SSSR count). The topological polar surface area (TPSA) is 75.1 Å². The van der Waals surface area contributed by atoms with Crippen molar-refractivity contribution in [2.45, 2.75) is 26.3 Å². The summed E-state index contributed by atoms with van der Waals surface area (Å²) in [6.07, 6.45) is 0. The summed E-state index contributed by atoms with van der Waals surface area (Å²) >= 11 is 1.53. The number of carbonyl (C=O) groups is 1. The van der Waals surface area contributed by atoms with Gasteiger partial charge in [-0.2, -0.15) is 0 Å². The number of pyridine rings is 1. The van der Waals surface area contributed by atoms with Crippen molar-refractivity contribution in [2.75, 3.05) is 5.32 Å². The van der Waals surface area contributed by atoms with E-state index >= 15 is 0 Å². The molecule has 0 radical (unpaired) electrons. The van der Waals surface area contributed by atoms with Crippen molar-refractivity contribution in [3.05, 3.63) is 40.0 Å². The number of aromatic nitrogens is 2. The zero-order chi connectivity index (χ0) is 13.8. The van der Waals surface area contributed by atoms with Gasteiger partial charge in [0.1, 0.15) is 5.82 Å². The van der Waals surface area contributed by atoms with E-state index < -0.39 is 5.97 Å². The highest BCUT2D eigenvalue weighted by Gasteiger charge is 2.10. The third kappa shape index (κ3) is 3.51. The number of nitrogens with one attached hydrogen (secondary N) is 1. The normalized spacial score (nSPS) is 10.7. The lowest BCUT2D eigenvalue weighted by molar-refractivity contribution is 0.0696. The highest BCUT2D eigenvalue weighted by atomic mass is 32.1. The number of aromatic carboxylic acids is 1. The van der Waals surface area contributed by atoms with Crippen LogP contribution in [0.2, 0.25) is 0 Å². The Labute approximate surface area is 115 Å². The standard InChI is InChI=1S/C13H15N3O2S/c1-8(2)11-3-9(13(17)18)4-12(16-11)14-5-10-6-19-7-15-10/h3-4,6-8H,5H2,1-2H3,(H,14,16)(H,17,18). The summed E-state index contributed by atoms with van der Waals surface area (Å²) in [5.41, 5.74) is 3.69. The van der Waals surface area contributed by atoms with Crippen LogP contribution in [0.25, 0.3) is 0 Å². The van der Waals surface area contributed by atoms with Gasteiger partial charge < -0.3 is 10.4 Å². The molecule has 0 aliphatic heterocycles. The molecule has 0 fully saturated rings. The van der Waals surface area contributed by atoms with Crippen molar-refractivity contribution in [3.63, 3.8) is 0 Å². The summed E-state index contributed by atoms with van der Waals surface area (Å²) in [5, 5.41) is 14.2. The zero-order valence-corrected chi connectivity index (χ0v) is 11.6. The molecule has 0 aliphatic carbocycles. The van der Waals surface area contributed by atoms with E-state index in [0.29, 0.717) is 12.4 Å². The van der Waals surface area contributed by atoms with E-state index in [1.807, 2.05) is 19.2 Å². The van der Waals surface area contributed by atoms with Crippen LogP contribution < -0.4 is 5.32 Å². The molecule has 6 heteroatoms. The molecule has 0 amide bonds. The van der Waals surface area contributed by atoms with Gasteiger partial charge in [0.2, 0.25) is 0 Å². The molecule has 0 atom stereocenters. The van der Waals surface area contributed by atoms with Gasteiger partial charge in [0.15, 0.2) is 0 Å². The predicted octanol–water partition coefficient (Wildman–Crippen LogP) is 2.97. The third-order valence-electron chi connectivity index (χ3n) is 2.62. The first-order valence-electron chi connectivity index (χ1n) is 5.92. The lowest BCUT2D eigenvalue weighted by Gasteiger charge is -2.10. The molecule has 5 nitrogen and oxygen atoms in total. The lowest BCUT2D eigenvalue weighted by atomic mass is 10.1. The van der Waals surface area contributed by atoms with Crippen molar-refractivity contribution in [1.29, 1.82) is 0 Å². The first kappa shape index (κ1) is 13.5. The minimum Gasteiger partial charge on any atom is -0.478 e. The van der Waals surface area contributed by atoms with Gasteiger partial charge in [-0.15, -0.1) is 11.3 Å². The molecule has 0 saturated heterocycles. The highest BCUT2D eigenvalue weighted by Crippen LogP contribution is 2.18. The Kier molecular flexibility index (Phi) is 4.11. The Balaban J connectivity index is 2.21. The summed E-state index contributed by atoms with van der Waals surface area (Å²) in [7, 11) is 0. The summed E-state index contributed by atoms with van der Waals surface area (Å²) in [6.45, 7) is 4.51. The molecule has 2 heterocycles. The first-order valence-corrected chi connectivity index (χ1v) is 6.86. The number of rotatable bonds is 5. The fourth-order valence-corrected chi connectivity index (χ4v) is 2.13. The van der Waals surface area contributed by atoms with E-state index in [0.717, 1.165) is 11.4 Å². The Morgan fingerprint density at radius 1 is 1.47 bits per heavy atom. The number of carboxylic acid groups (broad SMARTS) is 1. The molecule has 0 unspecified atom stereocenters. The second-order valence-electron chi connectivity index (χ2n) is 4.46. The van der Waals surface area contributed by atoms with E-state index in [1.54, 1.807) is 17.6 Å². The SMILES string of the molecule is CC(C)c1cc(C(=O)O)cc(NCc2cscn2)n1. The summed E-state index contributed by atoms with van der Waals surface area (Å²) in [5.74, 6) is -0.197. The van der Waals surface area contributed by atoms with Crippen LogP contribution in [0.4, 0.5) is 5.82 Å². The minimum atomic E-state index is -0.944. The zero-order valence-electron chi connectivity index (χ0n) is 10.8. The van der Waals surface area contributed by atoms with Gasteiger partial charge in [-0.25, -0.2) is 14.8 Å². The van der Waals surface area contributed by atoms with Crippen molar-refractivity contribution in [2.24, 2.45) is 0 Å². The number of hydrogen-bond donors (Lipinski definition) is 2. The monoisotopic (exact) mass is 277 g/mol. The second kappa shape index (κ2) is 5.79. The number of nitrogens with zero attached hydrogens (tertiary/aromatic N) is 2. The van der Waals surface area contributed by atoms with Crippen LogP contribution in [-0.2, 0) is 6.54 Å². The molecular weight excluding hydrogens is 262 g/mol. The molecule has 0 saturated carbocycles. The van der Waals surface area contributed by atoms with Crippen LogP contribution in [0.3, 0.4) is 0 Å². The molecule has 2 N–H and O–H groups in total. The fraction of sp³-hybridized carbons (Fsp3) is 0.308. The Hall–Kier alpha value is -1.95. The van der Waals surface area contributed by atoms with Gasteiger partial charge >= 0.3 is 5.97 Å². The number of anilines is 1. The average Bonchev–Trinajstić information content (AvgIpc) is 2.89.